The summed E-state index contributed by atoms with van der Waals surface area (Å²) in [5.74, 6) is 1.30. The molecule has 4 heterocycles. The van der Waals surface area contributed by atoms with Crippen molar-refractivity contribution in [2.75, 3.05) is 0 Å². The second kappa shape index (κ2) is 13.8. The molecule has 6 aromatic carbocycles. The van der Waals surface area contributed by atoms with Gasteiger partial charge in [0, 0.05) is 56.5 Å². The van der Waals surface area contributed by atoms with E-state index in [9.17, 15) is 0 Å². The third kappa shape index (κ3) is 6.32. The summed E-state index contributed by atoms with van der Waals surface area (Å²) < 4.78 is 6.21. The Kier molecular flexibility index (Phi) is 8.04. The number of benzene rings is 6. The number of pyridine rings is 1. The molecule has 0 aliphatic rings. The van der Waals surface area contributed by atoms with Gasteiger partial charge in [0.15, 0.2) is 11.6 Å². The van der Waals surface area contributed by atoms with E-state index < -0.39 is 0 Å². The maximum Gasteiger partial charge on any atom is 0.160 e. The van der Waals surface area contributed by atoms with Crippen LogP contribution in [0.4, 0.5) is 0 Å². The molecule has 0 aliphatic heterocycles. The molecule has 10 aromatic rings. The first-order chi connectivity index (χ1) is 27.2. The average molecular weight is 706 g/mol. The molecule has 0 amide bonds. The van der Waals surface area contributed by atoms with Crippen LogP contribution in [0.25, 0.3) is 101 Å². The Morgan fingerprint density at radius 2 is 0.745 bits per heavy atom. The fourth-order valence-corrected chi connectivity index (χ4v) is 7.05. The minimum absolute atomic E-state index is 0.642. The summed E-state index contributed by atoms with van der Waals surface area (Å²) >= 11 is 0. The number of hydrogen-bond donors (Lipinski definition) is 0. The van der Waals surface area contributed by atoms with Crippen molar-refractivity contribution in [1.29, 1.82) is 0 Å². The molecule has 0 radical (unpaired) electrons. The highest BCUT2D eigenvalue weighted by molar-refractivity contribution is 6.06. The van der Waals surface area contributed by atoms with E-state index in [1.54, 1.807) is 12.4 Å². The lowest BCUT2D eigenvalue weighted by atomic mass is 9.95. The van der Waals surface area contributed by atoms with Gasteiger partial charge in [0.2, 0.25) is 0 Å². The molecule has 0 saturated carbocycles. The largest absolute Gasteiger partial charge is 0.456 e. The molecule has 6 nitrogen and oxygen atoms in total. The van der Waals surface area contributed by atoms with Crippen LogP contribution >= 0.6 is 0 Å². The summed E-state index contributed by atoms with van der Waals surface area (Å²) in [6.07, 6.45) is 3.58. The van der Waals surface area contributed by atoms with E-state index in [0.29, 0.717) is 11.6 Å². The van der Waals surface area contributed by atoms with Gasteiger partial charge in [0.25, 0.3) is 0 Å². The number of aromatic nitrogens is 5. The molecule has 4 aromatic heterocycles. The van der Waals surface area contributed by atoms with E-state index in [1.165, 1.54) is 0 Å². The standard InChI is InChI=1S/C49H31N5O/c1-4-12-32(13-5-1)42-30-44(53-48(51-42)34-14-6-2-7-15-34)38-26-37(36-20-21-47-41(29-36)40-18-10-11-19-46(40)55-47)27-39(28-38)45-31-43(33-22-24-50-25-23-33)52-49(54-45)35-16-8-3-9-17-35/h1-31H. The van der Waals surface area contributed by atoms with Crippen molar-refractivity contribution in [1.82, 2.24) is 24.9 Å². The summed E-state index contributed by atoms with van der Waals surface area (Å²) in [4.78, 5) is 24.8. The van der Waals surface area contributed by atoms with Gasteiger partial charge in [-0.3, -0.25) is 4.98 Å². The van der Waals surface area contributed by atoms with Crippen molar-refractivity contribution in [3.05, 3.63) is 188 Å². The van der Waals surface area contributed by atoms with Gasteiger partial charge in [0.1, 0.15) is 11.2 Å². The van der Waals surface area contributed by atoms with Crippen molar-refractivity contribution in [2.45, 2.75) is 0 Å². The fourth-order valence-electron chi connectivity index (χ4n) is 7.05. The van der Waals surface area contributed by atoms with Crippen LogP contribution in [0.1, 0.15) is 0 Å². The summed E-state index contributed by atoms with van der Waals surface area (Å²) in [5.41, 5.74) is 12.8. The number of hydrogen-bond acceptors (Lipinski definition) is 6. The molecule has 0 unspecified atom stereocenters. The Morgan fingerprint density at radius 3 is 1.33 bits per heavy atom. The molecule has 0 N–H and O–H groups in total. The smallest absolute Gasteiger partial charge is 0.160 e. The minimum atomic E-state index is 0.642. The monoisotopic (exact) mass is 705 g/mol. The van der Waals surface area contributed by atoms with Crippen LogP contribution in [0.15, 0.2) is 193 Å². The number of furan rings is 1. The second-order valence-corrected chi connectivity index (χ2v) is 13.4. The predicted octanol–water partition coefficient (Wildman–Crippen LogP) is 12.2. The van der Waals surface area contributed by atoms with Gasteiger partial charge in [-0.1, -0.05) is 115 Å². The van der Waals surface area contributed by atoms with E-state index in [1.807, 2.05) is 109 Å². The van der Waals surface area contributed by atoms with Gasteiger partial charge in [-0.15, -0.1) is 0 Å². The number of para-hydroxylation sites is 1. The number of nitrogens with zero attached hydrogens (tertiary/aromatic N) is 5. The van der Waals surface area contributed by atoms with E-state index >= 15 is 0 Å². The van der Waals surface area contributed by atoms with Gasteiger partial charge in [-0.2, -0.15) is 0 Å². The Balaban J connectivity index is 1.23. The van der Waals surface area contributed by atoms with Gasteiger partial charge >= 0.3 is 0 Å². The first-order valence-corrected chi connectivity index (χ1v) is 18.1. The number of rotatable bonds is 7. The minimum Gasteiger partial charge on any atom is -0.456 e. The molecule has 0 spiro atoms. The maximum atomic E-state index is 6.21. The Morgan fingerprint density at radius 1 is 0.291 bits per heavy atom. The molecular weight excluding hydrogens is 675 g/mol. The fraction of sp³-hybridized carbons (Fsp3) is 0. The zero-order valence-corrected chi connectivity index (χ0v) is 29.5. The third-order valence-electron chi connectivity index (χ3n) is 9.80. The zero-order chi connectivity index (χ0) is 36.6. The Hall–Kier alpha value is -7.57. The topological polar surface area (TPSA) is 77.6 Å². The molecule has 6 heteroatoms. The third-order valence-corrected chi connectivity index (χ3v) is 9.80. The lowest BCUT2D eigenvalue weighted by Crippen LogP contribution is -1.98. The quantitative estimate of drug-likeness (QED) is 0.164. The maximum absolute atomic E-state index is 6.21. The molecule has 10 rings (SSSR count). The highest BCUT2D eigenvalue weighted by Gasteiger charge is 2.17. The molecule has 0 atom stereocenters. The van der Waals surface area contributed by atoms with Gasteiger partial charge in [-0.25, -0.2) is 19.9 Å². The lowest BCUT2D eigenvalue weighted by molar-refractivity contribution is 0.669. The van der Waals surface area contributed by atoms with Crippen molar-refractivity contribution in [3.63, 3.8) is 0 Å². The van der Waals surface area contributed by atoms with E-state index in [0.717, 1.165) is 89.2 Å². The van der Waals surface area contributed by atoms with Gasteiger partial charge in [-0.05, 0) is 71.8 Å². The molecule has 0 fully saturated rings. The molecule has 55 heavy (non-hydrogen) atoms. The average Bonchev–Trinajstić information content (AvgIpc) is 3.65. The summed E-state index contributed by atoms with van der Waals surface area (Å²) in [6, 6.07) is 59.7. The first-order valence-electron chi connectivity index (χ1n) is 18.1. The van der Waals surface area contributed by atoms with Crippen molar-refractivity contribution < 1.29 is 4.42 Å². The Bertz CT molecular complexity index is 2700. The summed E-state index contributed by atoms with van der Waals surface area (Å²) in [5, 5.41) is 2.14. The van der Waals surface area contributed by atoms with E-state index in [-0.39, 0.29) is 0 Å². The number of fused-ring (bicyclic) bond motifs is 3. The second-order valence-electron chi connectivity index (χ2n) is 13.4. The molecule has 0 aliphatic carbocycles. The van der Waals surface area contributed by atoms with Crippen LogP contribution in [0, 0.1) is 0 Å². The van der Waals surface area contributed by atoms with Crippen LogP contribution < -0.4 is 0 Å². The molecule has 0 bridgehead atoms. The normalized spacial score (nSPS) is 11.3. The van der Waals surface area contributed by atoms with Crippen LogP contribution in [0.5, 0.6) is 0 Å². The van der Waals surface area contributed by atoms with Crippen LogP contribution in [0.2, 0.25) is 0 Å². The van der Waals surface area contributed by atoms with Crippen LogP contribution in [-0.2, 0) is 0 Å². The van der Waals surface area contributed by atoms with E-state index in [4.69, 9.17) is 24.4 Å². The summed E-state index contributed by atoms with van der Waals surface area (Å²) in [7, 11) is 0. The van der Waals surface area contributed by atoms with Crippen LogP contribution in [-0.4, -0.2) is 24.9 Å². The molecular formula is C49H31N5O. The van der Waals surface area contributed by atoms with E-state index in [2.05, 4.69) is 71.7 Å². The molecule has 0 saturated heterocycles. The summed E-state index contributed by atoms with van der Waals surface area (Å²) in [6.45, 7) is 0. The van der Waals surface area contributed by atoms with Crippen molar-refractivity contribution in [3.8, 4) is 78.9 Å². The molecule has 258 valence electrons. The SMILES string of the molecule is c1ccc(-c2cc(-c3cc(-c4ccc5oc6ccccc6c5c4)cc(-c4cc(-c5ccncc5)nc(-c5ccccc5)n4)c3)nc(-c3ccccc3)n2)cc1. The van der Waals surface area contributed by atoms with Crippen molar-refractivity contribution in [2.24, 2.45) is 0 Å². The predicted molar refractivity (Wildman–Crippen MR) is 221 cm³/mol. The lowest BCUT2D eigenvalue weighted by Gasteiger charge is -2.14. The van der Waals surface area contributed by atoms with Crippen LogP contribution in [0.3, 0.4) is 0 Å². The van der Waals surface area contributed by atoms with Gasteiger partial charge < -0.3 is 4.42 Å². The zero-order valence-electron chi connectivity index (χ0n) is 29.5. The highest BCUT2D eigenvalue weighted by Crippen LogP contribution is 2.38. The highest BCUT2D eigenvalue weighted by atomic mass is 16.3. The Labute approximate surface area is 317 Å². The first kappa shape index (κ1) is 32.1. The van der Waals surface area contributed by atoms with Crippen molar-refractivity contribution >= 4 is 21.9 Å². The van der Waals surface area contributed by atoms with Gasteiger partial charge in [0.05, 0.1) is 22.8 Å².